The van der Waals surface area contributed by atoms with Crippen LogP contribution in [0.2, 0.25) is 0 Å². The lowest BCUT2D eigenvalue weighted by molar-refractivity contribution is -0.161. The fraction of sp³-hybridized carbons (Fsp3) is 0.953. The second-order valence-electron chi connectivity index (χ2n) is 31.6. The Balaban J connectivity index is 5.23. The number of ether oxygens (including phenoxy) is 4. The van der Waals surface area contributed by atoms with E-state index in [9.17, 15) is 43.2 Å². The Morgan fingerprint density at radius 1 is 0.276 bits per heavy atom. The van der Waals surface area contributed by atoms with Crippen molar-refractivity contribution in [1.82, 2.24) is 0 Å². The van der Waals surface area contributed by atoms with E-state index in [1.165, 1.54) is 276 Å². The van der Waals surface area contributed by atoms with Crippen LogP contribution in [0.3, 0.4) is 0 Å². The van der Waals surface area contributed by atoms with Crippen molar-refractivity contribution in [3.05, 3.63) is 0 Å². The number of phosphoric acid groups is 2. The molecule has 0 aliphatic carbocycles. The Bertz CT molecular complexity index is 2010. The van der Waals surface area contributed by atoms with Crippen LogP contribution in [0.15, 0.2) is 0 Å². The van der Waals surface area contributed by atoms with Crippen molar-refractivity contribution >= 4 is 39.5 Å². The number of esters is 4. The molecule has 19 heteroatoms. The molecule has 0 radical (unpaired) electrons. The van der Waals surface area contributed by atoms with E-state index in [1.807, 2.05) is 0 Å². The average Bonchev–Trinajstić information content (AvgIpc) is 0.909. The molecule has 0 bridgehead atoms. The van der Waals surface area contributed by atoms with Gasteiger partial charge in [-0.15, -0.1) is 0 Å². The summed E-state index contributed by atoms with van der Waals surface area (Å²) in [7, 11) is -9.93. The van der Waals surface area contributed by atoms with Crippen molar-refractivity contribution in [3.8, 4) is 0 Å². The van der Waals surface area contributed by atoms with Gasteiger partial charge >= 0.3 is 39.5 Å². The highest BCUT2D eigenvalue weighted by Gasteiger charge is 2.30. The summed E-state index contributed by atoms with van der Waals surface area (Å²) in [4.78, 5) is 73.2. The number of aliphatic hydroxyl groups is 1. The summed E-state index contributed by atoms with van der Waals surface area (Å²) >= 11 is 0. The van der Waals surface area contributed by atoms with E-state index in [-0.39, 0.29) is 25.7 Å². The Morgan fingerprint density at radius 2 is 0.486 bits per heavy atom. The van der Waals surface area contributed by atoms with Gasteiger partial charge in [-0.25, -0.2) is 9.13 Å². The van der Waals surface area contributed by atoms with Crippen LogP contribution in [0, 0.1) is 11.8 Å². The number of hydrogen-bond donors (Lipinski definition) is 3. The molecule has 0 amide bonds. The van der Waals surface area contributed by atoms with Crippen molar-refractivity contribution in [2.45, 2.75) is 477 Å². The minimum atomic E-state index is -4.97. The monoisotopic (exact) mass is 1540 g/mol. The normalized spacial score (nSPS) is 14.1. The van der Waals surface area contributed by atoms with Gasteiger partial charge in [0.2, 0.25) is 0 Å². The van der Waals surface area contributed by atoms with Gasteiger partial charge in [-0.1, -0.05) is 408 Å². The first kappa shape index (κ1) is 103. The van der Waals surface area contributed by atoms with Crippen LogP contribution in [-0.2, 0) is 65.4 Å². The second-order valence-corrected chi connectivity index (χ2v) is 34.6. The minimum absolute atomic E-state index is 0.106. The van der Waals surface area contributed by atoms with Crippen LogP contribution >= 0.6 is 15.6 Å². The third kappa shape index (κ3) is 78.5. The number of rotatable bonds is 85. The summed E-state index contributed by atoms with van der Waals surface area (Å²) in [5.74, 6) is -0.575. The summed E-state index contributed by atoms with van der Waals surface area (Å²) in [6, 6.07) is 0. The number of unbranched alkanes of at least 4 members (excludes halogenated alkanes) is 54. The Labute approximate surface area is 645 Å². The maximum Gasteiger partial charge on any atom is 0.472 e. The largest absolute Gasteiger partial charge is 0.472 e. The Morgan fingerprint density at radius 3 is 0.724 bits per heavy atom. The van der Waals surface area contributed by atoms with Gasteiger partial charge in [0, 0.05) is 25.7 Å². The molecule has 0 aromatic heterocycles. The van der Waals surface area contributed by atoms with Crippen LogP contribution in [0.1, 0.15) is 459 Å². The minimum Gasteiger partial charge on any atom is -0.462 e. The number of phosphoric ester groups is 2. The summed E-state index contributed by atoms with van der Waals surface area (Å²) in [5, 5.41) is 10.7. The van der Waals surface area contributed by atoms with E-state index < -0.39 is 97.5 Å². The number of hydrogen-bond acceptors (Lipinski definition) is 15. The molecule has 105 heavy (non-hydrogen) atoms. The lowest BCUT2D eigenvalue weighted by Gasteiger charge is -2.21. The predicted octanol–water partition coefficient (Wildman–Crippen LogP) is 26.2. The zero-order valence-electron chi connectivity index (χ0n) is 69.0. The number of aliphatic hydroxyl groups excluding tert-OH is 1. The molecule has 0 rings (SSSR count). The molecule has 624 valence electrons. The maximum absolute atomic E-state index is 13.1. The quantitative estimate of drug-likeness (QED) is 0.0222. The van der Waals surface area contributed by atoms with Gasteiger partial charge < -0.3 is 33.8 Å². The van der Waals surface area contributed by atoms with Crippen LogP contribution in [0.5, 0.6) is 0 Å². The molecule has 3 N–H and O–H groups in total. The molecule has 0 aromatic rings. The fourth-order valence-corrected chi connectivity index (χ4v) is 15.0. The molecule has 3 unspecified atom stereocenters. The molecule has 0 spiro atoms. The Kier molecular flexibility index (Phi) is 76.0. The molecule has 17 nitrogen and oxygen atoms in total. The van der Waals surface area contributed by atoms with E-state index in [2.05, 4.69) is 41.5 Å². The van der Waals surface area contributed by atoms with E-state index in [1.54, 1.807) is 0 Å². The first-order valence-corrected chi connectivity index (χ1v) is 47.5. The number of carbonyl (C=O) groups is 4. The van der Waals surface area contributed by atoms with Crippen LogP contribution < -0.4 is 0 Å². The van der Waals surface area contributed by atoms with Gasteiger partial charge in [-0.2, -0.15) is 0 Å². The molecule has 6 atom stereocenters. The highest BCUT2D eigenvalue weighted by atomic mass is 31.2. The van der Waals surface area contributed by atoms with Gasteiger partial charge in [0.25, 0.3) is 0 Å². The second kappa shape index (κ2) is 77.4. The van der Waals surface area contributed by atoms with Crippen molar-refractivity contribution < 1.29 is 80.2 Å². The van der Waals surface area contributed by atoms with E-state index in [0.717, 1.165) is 102 Å². The molecular formula is C86H168O17P2. The lowest BCUT2D eigenvalue weighted by Crippen LogP contribution is -2.30. The predicted molar refractivity (Wildman–Crippen MR) is 432 cm³/mol. The van der Waals surface area contributed by atoms with Crippen molar-refractivity contribution in [2.75, 3.05) is 39.6 Å². The smallest absolute Gasteiger partial charge is 0.462 e. The van der Waals surface area contributed by atoms with Crippen molar-refractivity contribution in [3.63, 3.8) is 0 Å². The van der Waals surface area contributed by atoms with Gasteiger partial charge in [-0.05, 0) is 37.5 Å². The maximum atomic E-state index is 13.1. The SMILES string of the molecule is CCCCCCCCCCCCCCCCCCCCCCCCC(=O)O[C@H](COC(=O)CCCCCCCCCCCCCCCCCCCC)COP(=O)(O)OC[C@@H](O)COP(=O)(O)OC[C@@H](COC(=O)CCCCCCCCCCC(C)CC)OC(=O)CCCCCCCCCCCCC(C)C. The third-order valence-corrected chi connectivity index (χ3v) is 22.5. The van der Waals surface area contributed by atoms with Gasteiger partial charge in [-0.3, -0.25) is 37.3 Å². The molecule has 0 aliphatic rings. The standard InChI is InChI=1S/C86H168O17P2/c1-7-10-12-14-16-18-20-22-24-26-28-29-30-31-33-35-37-39-44-52-58-64-70-85(90)102-81(74-96-83(88)68-62-56-50-43-38-36-34-32-27-25-23-21-19-17-15-13-11-8-2)76-100-104(92,93)98-72-80(87)73-99-105(94,95)101-77-82(75-97-84(89)69-63-57-51-47-46-49-55-61-67-79(6)9-3)103-86(91)71-65-59-53-45-41-40-42-48-54-60-66-78(4)5/h78-82,87H,7-77H2,1-6H3,(H,92,93)(H,94,95)/t79?,80-,81-,82-/m1/s1. The average molecular weight is 1540 g/mol. The first-order chi connectivity index (χ1) is 50.9. The van der Waals surface area contributed by atoms with Crippen LogP contribution in [0.25, 0.3) is 0 Å². The van der Waals surface area contributed by atoms with Gasteiger partial charge in [0.15, 0.2) is 12.2 Å². The summed E-state index contributed by atoms with van der Waals surface area (Å²) in [5.41, 5.74) is 0. The van der Waals surface area contributed by atoms with E-state index in [4.69, 9.17) is 37.0 Å². The zero-order chi connectivity index (χ0) is 77.1. The summed E-state index contributed by atoms with van der Waals surface area (Å²) in [6.07, 6.45) is 69.5. The molecule has 0 heterocycles. The van der Waals surface area contributed by atoms with Crippen LogP contribution in [0.4, 0.5) is 0 Å². The topological polar surface area (TPSA) is 237 Å². The summed E-state index contributed by atoms with van der Waals surface area (Å²) in [6.45, 7) is 9.66. The molecule has 0 aliphatic heterocycles. The molecule has 0 saturated heterocycles. The van der Waals surface area contributed by atoms with Gasteiger partial charge in [0.1, 0.15) is 19.3 Å². The van der Waals surface area contributed by atoms with E-state index in [0.29, 0.717) is 25.7 Å². The summed E-state index contributed by atoms with van der Waals surface area (Å²) < 4.78 is 68.9. The highest BCUT2D eigenvalue weighted by Crippen LogP contribution is 2.45. The zero-order valence-corrected chi connectivity index (χ0v) is 70.8. The highest BCUT2D eigenvalue weighted by molar-refractivity contribution is 7.47. The van der Waals surface area contributed by atoms with Gasteiger partial charge in [0.05, 0.1) is 26.4 Å². The molecule has 0 saturated carbocycles. The number of carbonyl (C=O) groups excluding carboxylic acids is 4. The lowest BCUT2D eigenvalue weighted by atomic mass is 9.99. The third-order valence-electron chi connectivity index (χ3n) is 20.6. The Hall–Kier alpha value is -1.94. The van der Waals surface area contributed by atoms with Crippen molar-refractivity contribution in [2.24, 2.45) is 11.8 Å². The fourth-order valence-electron chi connectivity index (χ4n) is 13.4. The van der Waals surface area contributed by atoms with E-state index >= 15 is 0 Å². The van der Waals surface area contributed by atoms with Crippen LogP contribution in [-0.4, -0.2) is 96.7 Å². The van der Waals surface area contributed by atoms with Crippen molar-refractivity contribution in [1.29, 1.82) is 0 Å². The molecule has 0 fully saturated rings. The molecule has 0 aromatic carbocycles. The first-order valence-electron chi connectivity index (χ1n) is 44.5. The molecular weight excluding hydrogens is 1370 g/mol.